The van der Waals surface area contributed by atoms with Gasteiger partial charge < -0.3 is 5.32 Å². The van der Waals surface area contributed by atoms with Gasteiger partial charge in [-0.25, -0.2) is 0 Å². The number of nitrogens with one attached hydrogen (secondary N) is 1. The van der Waals surface area contributed by atoms with E-state index in [1.807, 2.05) is 12.4 Å². The lowest BCUT2D eigenvalue weighted by atomic mass is 9.79. The summed E-state index contributed by atoms with van der Waals surface area (Å²) >= 11 is 0. The lowest BCUT2D eigenvalue weighted by molar-refractivity contribution is -0.109. The van der Waals surface area contributed by atoms with Crippen LogP contribution in [0.3, 0.4) is 0 Å². The number of pyridine rings is 1. The molecule has 16 heavy (non-hydrogen) atoms. The first-order valence-electron chi connectivity index (χ1n) is 5.97. The van der Waals surface area contributed by atoms with E-state index in [0.29, 0.717) is 11.8 Å². The molecule has 1 saturated carbocycles. The van der Waals surface area contributed by atoms with Gasteiger partial charge in [-0.05, 0) is 55.2 Å². The van der Waals surface area contributed by atoms with Crippen molar-refractivity contribution in [2.45, 2.75) is 31.6 Å². The molecule has 1 amide bonds. The first-order valence-corrected chi connectivity index (χ1v) is 5.97. The lowest BCUT2D eigenvalue weighted by Gasteiger charge is -2.28. The molecule has 2 rings (SSSR count). The van der Waals surface area contributed by atoms with E-state index in [1.54, 1.807) is 0 Å². The molecule has 0 aromatic carbocycles. The van der Waals surface area contributed by atoms with Gasteiger partial charge in [0.25, 0.3) is 0 Å². The van der Waals surface area contributed by atoms with Crippen LogP contribution in [0.1, 0.15) is 37.2 Å². The fourth-order valence-corrected chi connectivity index (χ4v) is 2.55. The molecule has 1 aromatic heterocycles. The van der Waals surface area contributed by atoms with Crippen molar-refractivity contribution in [1.29, 1.82) is 0 Å². The summed E-state index contributed by atoms with van der Waals surface area (Å²) in [6.45, 7) is 0.840. The Kier molecular flexibility index (Phi) is 3.91. The van der Waals surface area contributed by atoms with Crippen molar-refractivity contribution in [3.8, 4) is 0 Å². The second-order valence-corrected chi connectivity index (χ2v) is 4.52. The predicted molar refractivity (Wildman–Crippen MR) is 63.0 cm³/mol. The van der Waals surface area contributed by atoms with Crippen LogP contribution in [0.15, 0.2) is 24.5 Å². The number of carbonyl (C=O) groups excluding carboxylic acids is 1. The van der Waals surface area contributed by atoms with Gasteiger partial charge in [-0.1, -0.05) is 0 Å². The second-order valence-electron chi connectivity index (χ2n) is 4.52. The Morgan fingerprint density at radius 2 is 1.94 bits per heavy atom. The highest BCUT2D eigenvalue weighted by atomic mass is 16.1. The Labute approximate surface area is 96.3 Å². The number of aromatic nitrogens is 1. The topological polar surface area (TPSA) is 42.0 Å². The van der Waals surface area contributed by atoms with Crippen LogP contribution in [0.4, 0.5) is 0 Å². The van der Waals surface area contributed by atoms with Crippen LogP contribution in [0.25, 0.3) is 0 Å². The Hall–Kier alpha value is -1.38. The first-order chi connectivity index (χ1) is 7.90. The maximum absolute atomic E-state index is 10.2. The normalized spacial score (nSPS) is 25.0. The predicted octanol–water partition coefficient (Wildman–Crippen LogP) is 2.10. The van der Waals surface area contributed by atoms with Gasteiger partial charge in [0.15, 0.2) is 0 Å². The Bertz CT molecular complexity index is 318. The van der Waals surface area contributed by atoms with Crippen LogP contribution in [0, 0.1) is 5.92 Å². The molecule has 3 nitrogen and oxygen atoms in total. The lowest BCUT2D eigenvalue weighted by Crippen LogP contribution is -2.25. The highest BCUT2D eigenvalue weighted by Crippen LogP contribution is 2.35. The maximum atomic E-state index is 10.2. The number of carbonyl (C=O) groups is 1. The molecule has 0 unspecified atom stereocenters. The third-order valence-corrected chi connectivity index (χ3v) is 3.51. The summed E-state index contributed by atoms with van der Waals surface area (Å²) in [6, 6.07) is 4.24. The summed E-state index contributed by atoms with van der Waals surface area (Å²) in [7, 11) is 0. The van der Waals surface area contributed by atoms with Gasteiger partial charge in [0.1, 0.15) is 0 Å². The number of nitrogens with zero attached hydrogens (tertiary/aromatic N) is 1. The van der Waals surface area contributed by atoms with Crippen molar-refractivity contribution in [3.63, 3.8) is 0 Å². The number of rotatable bonds is 4. The fraction of sp³-hybridized carbons (Fsp3) is 0.538. The highest BCUT2D eigenvalue weighted by molar-refractivity contribution is 5.45. The van der Waals surface area contributed by atoms with Crippen LogP contribution in [0.5, 0.6) is 0 Å². The Balaban J connectivity index is 1.83. The van der Waals surface area contributed by atoms with E-state index < -0.39 is 0 Å². The molecule has 1 aliphatic carbocycles. The molecule has 0 atom stereocenters. The fourth-order valence-electron chi connectivity index (χ4n) is 2.55. The average molecular weight is 218 g/mol. The molecule has 0 saturated heterocycles. The van der Waals surface area contributed by atoms with E-state index in [0.717, 1.165) is 13.0 Å². The molecule has 86 valence electrons. The molecule has 1 aromatic rings. The average Bonchev–Trinajstić information content (AvgIpc) is 2.38. The van der Waals surface area contributed by atoms with E-state index >= 15 is 0 Å². The van der Waals surface area contributed by atoms with Crippen molar-refractivity contribution >= 4 is 6.41 Å². The molecular weight excluding hydrogens is 200 g/mol. The Morgan fingerprint density at radius 3 is 2.56 bits per heavy atom. The smallest absolute Gasteiger partial charge is 0.207 e. The largest absolute Gasteiger partial charge is 0.358 e. The highest BCUT2D eigenvalue weighted by Gasteiger charge is 2.21. The summed E-state index contributed by atoms with van der Waals surface area (Å²) in [5.74, 6) is 1.36. The van der Waals surface area contributed by atoms with Crippen molar-refractivity contribution in [2.75, 3.05) is 6.54 Å². The number of hydrogen-bond acceptors (Lipinski definition) is 2. The zero-order valence-corrected chi connectivity index (χ0v) is 9.43. The van der Waals surface area contributed by atoms with Gasteiger partial charge in [-0.3, -0.25) is 9.78 Å². The third kappa shape index (κ3) is 2.81. The van der Waals surface area contributed by atoms with Crippen molar-refractivity contribution in [1.82, 2.24) is 10.3 Å². The van der Waals surface area contributed by atoms with Crippen LogP contribution >= 0.6 is 0 Å². The quantitative estimate of drug-likeness (QED) is 0.786. The molecule has 1 N–H and O–H groups in total. The molecule has 1 fully saturated rings. The standard InChI is InChI=1S/C13H18N2O/c16-10-15-9-11-1-3-12(4-2-11)13-5-7-14-8-6-13/h5-8,10-12H,1-4,9H2,(H,15,16). The van der Waals surface area contributed by atoms with Gasteiger partial charge in [-0.15, -0.1) is 0 Å². The molecule has 1 aliphatic rings. The van der Waals surface area contributed by atoms with Crippen molar-refractivity contribution < 1.29 is 4.79 Å². The molecule has 3 heteroatoms. The zero-order chi connectivity index (χ0) is 11.2. The van der Waals surface area contributed by atoms with E-state index in [2.05, 4.69) is 22.4 Å². The molecular formula is C13H18N2O. The van der Waals surface area contributed by atoms with E-state index in [-0.39, 0.29) is 0 Å². The van der Waals surface area contributed by atoms with Gasteiger partial charge in [0.2, 0.25) is 6.41 Å². The third-order valence-electron chi connectivity index (χ3n) is 3.51. The number of amides is 1. The minimum absolute atomic E-state index is 0.670. The van der Waals surface area contributed by atoms with Gasteiger partial charge in [0, 0.05) is 18.9 Å². The van der Waals surface area contributed by atoms with Crippen LogP contribution < -0.4 is 5.32 Å². The van der Waals surface area contributed by atoms with Crippen LogP contribution in [-0.2, 0) is 4.79 Å². The van der Waals surface area contributed by atoms with Crippen molar-refractivity contribution in [2.24, 2.45) is 5.92 Å². The minimum Gasteiger partial charge on any atom is -0.358 e. The number of hydrogen-bond donors (Lipinski definition) is 1. The summed E-state index contributed by atoms with van der Waals surface area (Å²) < 4.78 is 0. The van der Waals surface area contributed by atoms with E-state index in [9.17, 15) is 4.79 Å². The maximum Gasteiger partial charge on any atom is 0.207 e. The summed E-state index contributed by atoms with van der Waals surface area (Å²) in [5, 5.41) is 2.78. The van der Waals surface area contributed by atoms with E-state index in [4.69, 9.17) is 0 Å². The second kappa shape index (κ2) is 5.64. The summed E-state index contributed by atoms with van der Waals surface area (Å²) in [5.41, 5.74) is 1.41. The SMILES string of the molecule is O=CNCC1CCC(c2ccncc2)CC1. The summed E-state index contributed by atoms with van der Waals surface area (Å²) in [6.07, 6.45) is 9.44. The molecule has 1 heterocycles. The van der Waals surface area contributed by atoms with Gasteiger partial charge in [-0.2, -0.15) is 0 Å². The molecule has 0 bridgehead atoms. The van der Waals surface area contributed by atoms with Gasteiger partial charge >= 0.3 is 0 Å². The first kappa shape index (κ1) is 11.1. The Morgan fingerprint density at radius 1 is 1.25 bits per heavy atom. The van der Waals surface area contributed by atoms with Crippen molar-refractivity contribution in [3.05, 3.63) is 30.1 Å². The van der Waals surface area contributed by atoms with Crippen LogP contribution in [0.2, 0.25) is 0 Å². The summed E-state index contributed by atoms with van der Waals surface area (Å²) in [4.78, 5) is 14.3. The van der Waals surface area contributed by atoms with Crippen LogP contribution in [-0.4, -0.2) is 17.9 Å². The minimum atomic E-state index is 0.670. The molecule has 0 radical (unpaired) electrons. The monoisotopic (exact) mass is 218 g/mol. The molecule has 0 aliphatic heterocycles. The van der Waals surface area contributed by atoms with E-state index in [1.165, 1.54) is 31.2 Å². The zero-order valence-electron chi connectivity index (χ0n) is 9.43. The molecule has 0 spiro atoms. The van der Waals surface area contributed by atoms with Gasteiger partial charge in [0.05, 0.1) is 0 Å².